The minimum atomic E-state index is -4.66. The number of halogens is 4. The molecule has 0 saturated carbocycles. The molecule has 4 amide bonds. The Kier molecular flexibility index (Phi) is 9.97. The second-order valence-corrected chi connectivity index (χ2v) is 13.3. The molecule has 0 aliphatic carbocycles. The number of carbonyl (C=O) groups is 3. The van der Waals surface area contributed by atoms with Crippen LogP contribution in [-0.2, 0) is 28.7 Å². The van der Waals surface area contributed by atoms with Crippen molar-refractivity contribution in [2.45, 2.75) is 63.3 Å². The molecule has 0 bridgehead atoms. The summed E-state index contributed by atoms with van der Waals surface area (Å²) in [4.78, 5) is 47.7. The van der Waals surface area contributed by atoms with Gasteiger partial charge in [0.15, 0.2) is 0 Å². The van der Waals surface area contributed by atoms with Crippen LogP contribution in [0.2, 0.25) is 0 Å². The van der Waals surface area contributed by atoms with E-state index in [0.717, 1.165) is 30.2 Å². The molecule has 0 aromatic heterocycles. The number of amides is 4. The SMILES string of the molecule is CN(C)C1CCN(C(=O)[C@H](CC(=O)N2CCC(N3Cc4ccccc4NC3=O)CC2)Cc2cc(Br)c(N)c(C(F)(F)F)c2)CC1. The zero-order valence-corrected chi connectivity index (χ0v) is 27.2. The Labute approximate surface area is 270 Å². The molecule has 0 radical (unpaired) electrons. The summed E-state index contributed by atoms with van der Waals surface area (Å²) in [5.41, 5.74) is 6.47. The quantitative estimate of drug-likeness (QED) is 0.389. The van der Waals surface area contributed by atoms with E-state index in [1.54, 1.807) is 9.80 Å². The molecular formula is C32H40BrF3N6O3. The van der Waals surface area contributed by atoms with Gasteiger partial charge in [-0.1, -0.05) is 18.2 Å². The first-order chi connectivity index (χ1) is 21.3. The van der Waals surface area contributed by atoms with E-state index in [2.05, 4.69) is 26.1 Å². The van der Waals surface area contributed by atoms with E-state index in [4.69, 9.17) is 5.73 Å². The number of para-hydroxylation sites is 1. The van der Waals surface area contributed by atoms with E-state index in [-0.39, 0.29) is 46.8 Å². The molecule has 2 aromatic carbocycles. The average Bonchev–Trinajstić information content (AvgIpc) is 3.01. The lowest BCUT2D eigenvalue weighted by molar-refractivity contribution is -0.143. The minimum absolute atomic E-state index is 0.0238. The number of nitrogen functional groups attached to an aromatic ring is 1. The summed E-state index contributed by atoms with van der Waals surface area (Å²) in [6.45, 7) is 2.40. The molecule has 5 rings (SSSR count). The number of nitrogens with one attached hydrogen (secondary N) is 1. The number of carbonyl (C=O) groups excluding carboxylic acids is 3. The van der Waals surface area contributed by atoms with E-state index < -0.39 is 23.3 Å². The van der Waals surface area contributed by atoms with Gasteiger partial charge in [-0.3, -0.25) is 9.59 Å². The Morgan fingerprint density at radius 2 is 1.69 bits per heavy atom. The van der Waals surface area contributed by atoms with Crippen molar-refractivity contribution < 1.29 is 27.6 Å². The van der Waals surface area contributed by atoms with Crippen molar-refractivity contribution in [1.82, 2.24) is 19.6 Å². The van der Waals surface area contributed by atoms with Crippen LogP contribution >= 0.6 is 15.9 Å². The minimum Gasteiger partial charge on any atom is -0.397 e. The number of benzene rings is 2. The number of rotatable bonds is 7. The molecule has 244 valence electrons. The lowest BCUT2D eigenvalue weighted by Crippen LogP contribution is -2.51. The number of alkyl halides is 3. The number of nitrogens with two attached hydrogens (primary N) is 1. The predicted molar refractivity (Wildman–Crippen MR) is 169 cm³/mol. The fraction of sp³-hybridized carbons (Fsp3) is 0.531. The third-order valence-corrected chi connectivity index (χ3v) is 10.0. The first-order valence-corrected chi connectivity index (χ1v) is 16.1. The molecule has 45 heavy (non-hydrogen) atoms. The van der Waals surface area contributed by atoms with Crippen LogP contribution in [0.3, 0.4) is 0 Å². The molecule has 0 spiro atoms. The Hall–Kier alpha value is -3.32. The van der Waals surface area contributed by atoms with Crippen LogP contribution in [0, 0.1) is 5.92 Å². The van der Waals surface area contributed by atoms with Gasteiger partial charge in [0, 0.05) is 61.4 Å². The Morgan fingerprint density at radius 3 is 2.33 bits per heavy atom. The number of hydrogen-bond donors (Lipinski definition) is 2. The summed E-state index contributed by atoms with van der Waals surface area (Å²) in [5.74, 6) is -1.26. The zero-order chi connectivity index (χ0) is 32.5. The summed E-state index contributed by atoms with van der Waals surface area (Å²) in [5, 5.41) is 2.94. The number of fused-ring (bicyclic) bond motifs is 1. The lowest BCUT2D eigenvalue weighted by Gasteiger charge is -2.41. The fourth-order valence-corrected chi connectivity index (χ4v) is 7.21. The van der Waals surface area contributed by atoms with Gasteiger partial charge in [0.2, 0.25) is 11.8 Å². The van der Waals surface area contributed by atoms with Gasteiger partial charge in [0.05, 0.1) is 17.2 Å². The van der Waals surface area contributed by atoms with Gasteiger partial charge in [-0.2, -0.15) is 13.2 Å². The summed E-state index contributed by atoms with van der Waals surface area (Å²) >= 11 is 3.15. The van der Waals surface area contributed by atoms with Gasteiger partial charge < -0.3 is 30.7 Å². The molecule has 9 nitrogen and oxygen atoms in total. The molecule has 3 heterocycles. The number of nitrogens with zero attached hydrogens (tertiary/aromatic N) is 4. The van der Waals surface area contributed by atoms with Crippen molar-refractivity contribution >= 4 is 45.2 Å². The van der Waals surface area contributed by atoms with Crippen molar-refractivity contribution in [3.05, 3.63) is 57.6 Å². The smallest absolute Gasteiger partial charge is 0.397 e. The van der Waals surface area contributed by atoms with Crippen molar-refractivity contribution in [2.24, 2.45) is 5.92 Å². The normalized spacial score (nSPS) is 19.0. The van der Waals surface area contributed by atoms with Crippen LogP contribution in [0.15, 0.2) is 40.9 Å². The summed E-state index contributed by atoms with van der Waals surface area (Å²) in [6, 6.07) is 10.3. The topological polar surface area (TPSA) is 102 Å². The Morgan fingerprint density at radius 1 is 1.04 bits per heavy atom. The number of likely N-dealkylation sites (tertiary alicyclic amines) is 2. The molecule has 1 atom stereocenters. The second-order valence-electron chi connectivity index (χ2n) is 12.5. The molecule has 2 aromatic rings. The van der Waals surface area contributed by atoms with E-state index in [1.807, 2.05) is 43.3 Å². The van der Waals surface area contributed by atoms with E-state index in [0.29, 0.717) is 51.6 Å². The van der Waals surface area contributed by atoms with Crippen LogP contribution in [0.4, 0.5) is 29.3 Å². The van der Waals surface area contributed by atoms with Gasteiger partial charge in [0.25, 0.3) is 0 Å². The highest BCUT2D eigenvalue weighted by Crippen LogP contribution is 2.39. The zero-order valence-electron chi connectivity index (χ0n) is 25.6. The molecule has 13 heteroatoms. The standard InChI is InChI=1S/C32H40BrF3N6O3/c1-39(2)23-7-13-41(14-8-23)30(44)22(15-20-16-25(32(34,35)36)29(37)26(33)17-20)18-28(43)40-11-9-24(10-12-40)42-19-21-5-3-4-6-27(21)38-31(42)45/h3-6,16-17,22-24H,7-15,18-19,37H2,1-2H3,(H,38,45)/t22-/m0/s1. The summed E-state index contributed by atoms with van der Waals surface area (Å²) < 4.78 is 41.3. The van der Waals surface area contributed by atoms with Gasteiger partial charge in [0.1, 0.15) is 0 Å². The van der Waals surface area contributed by atoms with Crippen molar-refractivity contribution in [3.8, 4) is 0 Å². The number of hydrogen-bond acceptors (Lipinski definition) is 5. The highest BCUT2D eigenvalue weighted by atomic mass is 79.9. The Bertz CT molecular complexity index is 1420. The Balaban J connectivity index is 1.28. The third-order valence-electron chi connectivity index (χ3n) is 9.37. The number of anilines is 2. The molecule has 3 aliphatic rings. The first kappa shape index (κ1) is 33.1. The first-order valence-electron chi connectivity index (χ1n) is 15.4. The largest absolute Gasteiger partial charge is 0.418 e. The van der Waals surface area contributed by atoms with E-state index in [1.165, 1.54) is 6.07 Å². The molecule has 2 fully saturated rings. The van der Waals surface area contributed by atoms with Crippen LogP contribution < -0.4 is 11.1 Å². The van der Waals surface area contributed by atoms with Gasteiger partial charge in [-0.15, -0.1) is 0 Å². The maximum atomic E-state index is 13.9. The van der Waals surface area contributed by atoms with Gasteiger partial charge >= 0.3 is 12.2 Å². The molecule has 0 unspecified atom stereocenters. The summed E-state index contributed by atoms with van der Waals surface area (Å²) in [7, 11) is 4.00. The lowest BCUT2D eigenvalue weighted by atomic mass is 9.91. The number of piperidine rings is 2. The monoisotopic (exact) mass is 692 g/mol. The van der Waals surface area contributed by atoms with Gasteiger partial charge in [-0.25, -0.2) is 4.79 Å². The molecular weight excluding hydrogens is 653 g/mol. The average molecular weight is 694 g/mol. The maximum Gasteiger partial charge on any atom is 0.418 e. The van der Waals surface area contributed by atoms with Crippen LogP contribution in [0.1, 0.15) is 48.8 Å². The van der Waals surface area contributed by atoms with E-state index in [9.17, 15) is 27.6 Å². The van der Waals surface area contributed by atoms with Crippen LogP contribution in [0.5, 0.6) is 0 Å². The van der Waals surface area contributed by atoms with Crippen LogP contribution in [-0.4, -0.2) is 89.8 Å². The maximum absolute atomic E-state index is 13.9. The fourth-order valence-electron chi connectivity index (χ4n) is 6.70. The van der Waals surface area contributed by atoms with Gasteiger partial charge in [-0.05, 0) is 91.5 Å². The van der Waals surface area contributed by atoms with Crippen molar-refractivity contribution in [1.29, 1.82) is 0 Å². The van der Waals surface area contributed by atoms with Crippen LogP contribution in [0.25, 0.3) is 0 Å². The van der Waals surface area contributed by atoms with E-state index >= 15 is 0 Å². The van der Waals surface area contributed by atoms with Crippen molar-refractivity contribution in [2.75, 3.05) is 51.3 Å². The molecule has 3 aliphatic heterocycles. The number of urea groups is 1. The van der Waals surface area contributed by atoms with Crippen molar-refractivity contribution in [3.63, 3.8) is 0 Å². The second kappa shape index (κ2) is 13.6. The summed E-state index contributed by atoms with van der Waals surface area (Å²) in [6.07, 6.45) is -2.04. The highest BCUT2D eigenvalue weighted by molar-refractivity contribution is 9.10. The third kappa shape index (κ3) is 7.57. The highest BCUT2D eigenvalue weighted by Gasteiger charge is 2.37. The predicted octanol–water partition coefficient (Wildman–Crippen LogP) is 5.19. The molecule has 3 N–H and O–H groups in total. The molecule has 2 saturated heterocycles.